The Bertz CT molecular complexity index is 578. The second kappa shape index (κ2) is 6.06. The van der Waals surface area contributed by atoms with Gasteiger partial charge in [-0.05, 0) is 24.5 Å². The average molecular weight is 343 g/mol. The molecule has 2 aromatic rings. The summed E-state index contributed by atoms with van der Waals surface area (Å²) in [5, 5.41) is 10.1. The van der Waals surface area contributed by atoms with Gasteiger partial charge in [-0.3, -0.25) is 0 Å². The first-order chi connectivity index (χ1) is 9.04. The number of hydrogen-bond acceptors (Lipinski definition) is 2. The Morgan fingerprint density at radius 2 is 2.05 bits per heavy atom. The highest BCUT2D eigenvalue weighted by atomic mass is 79.9. The van der Waals surface area contributed by atoms with E-state index in [-0.39, 0.29) is 0 Å². The molecular formula is C14H17BrClN3. The first kappa shape index (κ1) is 14.5. The van der Waals surface area contributed by atoms with Crippen molar-refractivity contribution in [1.82, 2.24) is 14.8 Å². The van der Waals surface area contributed by atoms with Crippen molar-refractivity contribution < 1.29 is 0 Å². The van der Waals surface area contributed by atoms with E-state index < -0.39 is 0 Å². The smallest absolute Gasteiger partial charge is 0.164 e. The quantitative estimate of drug-likeness (QED) is 0.768. The second-order valence-corrected chi connectivity index (χ2v) is 5.96. The topological polar surface area (TPSA) is 30.7 Å². The summed E-state index contributed by atoms with van der Waals surface area (Å²) in [5.41, 5.74) is 2.09. The first-order valence-corrected chi connectivity index (χ1v) is 7.78. The molecule has 2 rings (SSSR count). The highest BCUT2D eigenvalue weighted by Gasteiger charge is 2.16. The molecule has 3 nitrogen and oxygen atoms in total. The zero-order chi connectivity index (χ0) is 14.0. The Hall–Kier alpha value is -0.870. The fourth-order valence-corrected chi connectivity index (χ4v) is 2.63. The first-order valence-electron chi connectivity index (χ1n) is 6.28. The Labute approximate surface area is 127 Å². The highest BCUT2D eigenvalue weighted by molar-refractivity contribution is 9.08. The van der Waals surface area contributed by atoms with Crippen molar-refractivity contribution in [2.24, 2.45) is 5.92 Å². The average Bonchev–Trinajstić information content (AvgIpc) is 2.75. The van der Waals surface area contributed by atoms with Crippen molar-refractivity contribution in [3.63, 3.8) is 0 Å². The van der Waals surface area contributed by atoms with Crippen LogP contribution in [0, 0.1) is 12.8 Å². The molecule has 102 valence electrons. The van der Waals surface area contributed by atoms with E-state index >= 15 is 0 Å². The van der Waals surface area contributed by atoms with Crippen LogP contribution in [0.15, 0.2) is 18.2 Å². The van der Waals surface area contributed by atoms with Crippen LogP contribution >= 0.6 is 27.5 Å². The molecule has 0 aliphatic heterocycles. The Morgan fingerprint density at radius 1 is 1.32 bits per heavy atom. The molecule has 0 atom stereocenters. The maximum absolute atomic E-state index is 6.20. The lowest BCUT2D eigenvalue weighted by atomic mass is 10.1. The third-order valence-corrected chi connectivity index (χ3v) is 3.91. The van der Waals surface area contributed by atoms with E-state index in [0.29, 0.717) is 11.2 Å². The third-order valence-electron chi connectivity index (χ3n) is 3.00. The standard InChI is InChI=1S/C14H17BrClN3/c1-9(2)8-19-13(7-15)17-18-14(19)11-5-4-6-12(16)10(11)3/h4-6,9H,7-8H2,1-3H3. The van der Waals surface area contributed by atoms with Gasteiger partial charge in [0.1, 0.15) is 5.82 Å². The number of nitrogens with zero attached hydrogens (tertiary/aromatic N) is 3. The third kappa shape index (κ3) is 3.00. The largest absolute Gasteiger partial charge is 0.310 e. The second-order valence-electron chi connectivity index (χ2n) is 4.99. The summed E-state index contributed by atoms with van der Waals surface area (Å²) in [6, 6.07) is 5.89. The maximum atomic E-state index is 6.20. The summed E-state index contributed by atoms with van der Waals surface area (Å²) >= 11 is 9.66. The van der Waals surface area contributed by atoms with Gasteiger partial charge in [0, 0.05) is 17.1 Å². The summed E-state index contributed by atoms with van der Waals surface area (Å²) in [6.07, 6.45) is 0. The number of halogens is 2. The molecule has 0 fully saturated rings. The Balaban J connectivity index is 2.55. The molecule has 0 saturated heterocycles. The number of hydrogen-bond donors (Lipinski definition) is 0. The summed E-state index contributed by atoms with van der Waals surface area (Å²) in [7, 11) is 0. The number of benzene rings is 1. The number of rotatable bonds is 4. The minimum atomic E-state index is 0.534. The molecular weight excluding hydrogens is 326 g/mol. The van der Waals surface area contributed by atoms with E-state index in [1.165, 1.54) is 0 Å². The molecule has 0 amide bonds. The SMILES string of the molecule is Cc1c(Cl)cccc1-c1nnc(CBr)n1CC(C)C. The minimum Gasteiger partial charge on any atom is -0.310 e. The van der Waals surface area contributed by atoms with Gasteiger partial charge in [-0.1, -0.05) is 53.5 Å². The van der Waals surface area contributed by atoms with Crippen molar-refractivity contribution in [3.8, 4) is 11.4 Å². The fraction of sp³-hybridized carbons (Fsp3) is 0.429. The Morgan fingerprint density at radius 3 is 2.68 bits per heavy atom. The Kier molecular flexibility index (Phi) is 4.63. The van der Waals surface area contributed by atoms with Crippen molar-refractivity contribution in [1.29, 1.82) is 0 Å². The van der Waals surface area contributed by atoms with Gasteiger partial charge >= 0.3 is 0 Å². The van der Waals surface area contributed by atoms with Gasteiger partial charge in [0.15, 0.2) is 5.82 Å². The van der Waals surface area contributed by atoms with Gasteiger partial charge < -0.3 is 4.57 Å². The van der Waals surface area contributed by atoms with Gasteiger partial charge in [0.05, 0.1) is 5.33 Å². The number of aromatic nitrogens is 3. The zero-order valence-corrected chi connectivity index (χ0v) is 13.7. The lowest BCUT2D eigenvalue weighted by Crippen LogP contribution is -2.09. The van der Waals surface area contributed by atoms with Gasteiger partial charge in [0.25, 0.3) is 0 Å². The molecule has 0 saturated carbocycles. The van der Waals surface area contributed by atoms with Crippen LogP contribution in [0.2, 0.25) is 5.02 Å². The monoisotopic (exact) mass is 341 g/mol. The molecule has 0 aliphatic rings. The van der Waals surface area contributed by atoms with Gasteiger partial charge in [-0.15, -0.1) is 10.2 Å². The van der Waals surface area contributed by atoms with Crippen molar-refractivity contribution in [2.45, 2.75) is 32.6 Å². The summed E-state index contributed by atoms with van der Waals surface area (Å²) in [6.45, 7) is 7.29. The van der Waals surface area contributed by atoms with Crippen LogP contribution in [0.25, 0.3) is 11.4 Å². The van der Waals surface area contributed by atoms with E-state index in [1.54, 1.807) is 0 Å². The van der Waals surface area contributed by atoms with Gasteiger partial charge in [0.2, 0.25) is 0 Å². The lowest BCUT2D eigenvalue weighted by molar-refractivity contribution is 0.516. The van der Waals surface area contributed by atoms with E-state index in [2.05, 4.69) is 44.5 Å². The van der Waals surface area contributed by atoms with E-state index in [4.69, 9.17) is 11.6 Å². The summed E-state index contributed by atoms with van der Waals surface area (Å²) in [4.78, 5) is 0. The predicted molar refractivity (Wildman–Crippen MR) is 82.7 cm³/mol. The summed E-state index contributed by atoms with van der Waals surface area (Å²) < 4.78 is 2.16. The molecule has 0 spiro atoms. The molecule has 1 aromatic carbocycles. The molecule has 0 unspecified atom stereocenters. The van der Waals surface area contributed by atoms with Crippen LogP contribution in [0.3, 0.4) is 0 Å². The molecule has 0 N–H and O–H groups in total. The molecule has 5 heteroatoms. The van der Waals surface area contributed by atoms with Crippen molar-refractivity contribution >= 4 is 27.5 Å². The highest BCUT2D eigenvalue weighted by Crippen LogP contribution is 2.28. The molecule has 0 bridgehead atoms. The van der Waals surface area contributed by atoms with Crippen LogP contribution in [0.5, 0.6) is 0 Å². The minimum absolute atomic E-state index is 0.534. The molecule has 1 aromatic heterocycles. The van der Waals surface area contributed by atoms with Gasteiger partial charge in [-0.2, -0.15) is 0 Å². The normalized spacial score (nSPS) is 11.3. The van der Waals surface area contributed by atoms with Crippen LogP contribution in [0.1, 0.15) is 25.2 Å². The fourth-order valence-electron chi connectivity index (χ4n) is 2.04. The van der Waals surface area contributed by atoms with Crippen LogP contribution in [0.4, 0.5) is 0 Å². The zero-order valence-electron chi connectivity index (χ0n) is 11.3. The molecule has 0 aliphatic carbocycles. The van der Waals surface area contributed by atoms with Crippen molar-refractivity contribution in [3.05, 3.63) is 34.6 Å². The van der Waals surface area contributed by atoms with E-state index in [0.717, 1.165) is 34.3 Å². The van der Waals surface area contributed by atoms with E-state index in [1.807, 2.05) is 25.1 Å². The molecule has 19 heavy (non-hydrogen) atoms. The maximum Gasteiger partial charge on any atom is 0.164 e. The van der Waals surface area contributed by atoms with Crippen LogP contribution in [-0.2, 0) is 11.9 Å². The lowest BCUT2D eigenvalue weighted by Gasteiger charge is -2.13. The van der Waals surface area contributed by atoms with Crippen molar-refractivity contribution in [2.75, 3.05) is 0 Å². The summed E-state index contributed by atoms with van der Waals surface area (Å²) in [5.74, 6) is 2.37. The number of alkyl halides is 1. The van der Waals surface area contributed by atoms with Gasteiger partial charge in [-0.25, -0.2) is 0 Å². The van der Waals surface area contributed by atoms with E-state index in [9.17, 15) is 0 Å². The molecule has 1 heterocycles. The van der Waals surface area contributed by atoms with Crippen LogP contribution < -0.4 is 0 Å². The van der Waals surface area contributed by atoms with Crippen LogP contribution in [-0.4, -0.2) is 14.8 Å². The predicted octanol–water partition coefficient (Wildman–Crippen LogP) is 4.46. The molecule has 0 radical (unpaired) electrons.